The van der Waals surface area contributed by atoms with Gasteiger partial charge in [0.2, 0.25) is 17.7 Å². The van der Waals surface area contributed by atoms with Gasteiger partial charge in [0.05, 0.1) is 6.04 Å². The second-order valence-corrected chi connectivity index (χ2v) is 10.8. The molecule has 0 bridgehead atoms. The first-order valence-electron chi connectivity index (χ1n) is 14.1. The maximum absolute atomic E-state index is 14.0. The van der Waals surface area contributed by atoms with Crippen molar-refractivity contribution in [3.63, 3.8) is 0 Å². The standard InChI is InChI=1S/C30H39FN6O4/c1-18-28(38)36-24(16-19-5-7-22(8-6-19)27(32)33)29(39)35-13-3-4-20-11-12-23(31)17-25(20)41-15-14-34-26(21-9-10-21)30(40)37(18)2/h5-8,11-12,17-18,21,24,26,34H,3-4,9-10,13-16H2,1-2H3,(H3,32,33)(H,35,39)(H,36,38)/t18-,24+,26+/m1/s1. The number of fused-ring (bicyclic) bond motifs is 1. The number of benzene rings is 2. The molecule has 1 aliphatic carbocycles. The molecule has 0 spiro atoms. The number of nitrogens with zero attached hydrogens (tertiary/aromatic N) is 1. The van der Waals surface area contributed by atoms with Gasteiger partial charge in [-0.1, -0.05) is 30.3 Å². The number of carbonyl (C=O) groups is 3. The van der Waals surface area contributed by atoms with Gasteiger partial charge < -0.3 is 31.3 Å². The molecule has 4 rings (SSSR count). The zero-order valence-electron chi connectivity index (χ0n) is 23.5. The number of halogens is 1. The summed E-state index contributed by atoms with van der Waals surface area (Å²) in [6.07, 6.45) is 3.17. The van der Waals surface area contributed by atoms with Crippen LogP contribution in [0, 0.1) is 17.1 Å². The summed E-state index contributed by atoms with van der Waals surface area (Å²) < 4.78 is 19.9. The minimum atomic E-state index is -0.891. The van der Waals surface area contributed by atoms with E-state index in [0.717, 1.165) is 24.0 Å². The van der Waals surface area contributed by atoms with Crippen molar-refractivity contribution in [2.75, 3.05) is 26.7 Å². The Morgan fingerprint density at radius 3 is 2.51 bits per heavy atom. The van der Waals surface area contributed by atoms with Crippen LogP contribution in [0.3, 0.4) is 0 Å². The molecule has 41 heavy (non-hydrogen) atoms. The Bertz CT molecular complexity index is 1270. The van der Waals surface area contributed by atoms with Gasteiger partial charge in [0, 0.05) is 38.2 Å². The van der Waals surface area contributed by atoms with E-state index >= 15 is 0 Å². The SMILES string of the molecule is C[C@@H]1C(=O)N[C@@H](Cc2ccc(C(=N)N)cc2)C(=O)NCCCc2ccc(F)cc2OCCN[C@@H](C2CC2)C(=O)N1C. The molecule has 1 aliphatic heterocycles. The molecule has 220 valence electrons. The molecule has 0 aromatic heterocycles. The molecule has 3 amide bonds. The van der Waals surface area contributed by atoms with Crippen molar-refractivity contribution in [3.8, 4) is 5.75 Å². The molecule has 11 heteroatoms. The molecule has 1 fully saturated rings. The maximum atomic E-state index is 14.0. The van der Waals surface area contributed by atoms with Gasteiger partial charge in [0.15, 0.2) is 0 Å². The lowest BCUT2D eigenvalue weighted by Gasteiger charge is -2.30. The van der Waals surface area contributed by atoms with Gasteiger partial charge in [-0.2, -0.15) is 0 Å². The minimum absolute atomic E-state index is 0.0611. The normalized spacial score (nSPS) is 23.3. The lowest BCUT2D eigenvalue weighted by molar-refractivity contribution is -0.141. The second kappa shape index (κ2) is 13.6. The van der Waals surface area contributed by atoms with Crippen LogP contribution in [0.1, 0.15) is 42.9 Å². The van der Waals surface area contributed by atoms with Crippen LogP contribution in [0.25, 0.3) is 0 Å². The highest BCUT2D eigenvalue weighted by Crippen LogP contribution is 2.33. The molecular formula is C30H39FN6O4. The predicted octanol–water partition coefficient (Wildman–Crippen LogP) is 1.49. The van der Waals surface area contributed by atoms with Crippen molar-refractivity contribution < 1.29 is 23.5 Å². The lowest BCUT2D eigenvalue weighted by Crippen LogP contribution is -2.56. The summed E-state index contributed by atoms with van der Waals surface area (Å²) in [4.78, 5) is 41.4. The Balaban J connectivity index is 1.55. The molecule has 6 N–H and O–H groups in total. The van der Waals surface area contributed by atoms with E-state index in [-0.39, 0.29) is 36.6 Å². The number of rotatable bonds is 4. The van der Waals surface area contributed by atoms with E-state index in [0.29, 0.717) is 37.2 Å². The highest BCUT2D eigenvalue weighted by molar-refractivity contribution is 5.95. The molecule has 3 atom stereocenters. The van der Waals surface area contributed by atoms with E-state index in [4.69, 9.17) is 15.9 Å². The number of nitrogens with one attached hydrogen (secondary N) is 4. The largest absolute Gasteiger partial charge is 0.492 e. The number of amidine groups is 1. The first-order chi connectivity index (χ1) is 19.6. The number of carbonyl (C=O) groups excluding carboxylic acids is 3. The van der Waals surface area contributed by atoms with Crippen LogP contribution >= 0.6 is 0 Å². The summed E-state index contributed by atoms with van der Waals surface area (Å²) in [6, 6.07) is 9.17. The van der Waals surface area contributed by atoms with E-state index in [1.807, 2.05) is 0 Å². The molecule has 10 nitrogen and oxygen atoms in total. The third kappa shape index (κ3) is 8.03. The van der Waals surface area contributed by atoms with Crippen LogP contribution < -0.4 is 26.4 Å². The average molecular weight is 567 g/mol. The third-order valence-electron chi connectivity index (χ3n) is 7.68. The smallest absolute Gasteiger partial charge is 0.243 e. The molecule has 0 saturated heterocycles. The first-order valence-corrected chi connectivity index (χ1v) is 14.1. The van der Waals surface area contributed by atoms with Crippen LogP contribution in [0.4, 0.5) is 4.39 Å². The Morgan fingerprint density at radius 1 is 1.10 bits per heavy atom. The number of amides is 3. The molecular weight excluding hydrogens is 527 g/mol. The van der Waals surface area contributed by atoms with Gasteiger partial charge >= 0.3 is 0 Å². The van der Waals surface area contributed by atoms with Crippen LogP contribution in [0.15, 0.2) is 42.5 Å². The minimum Gasteiger partial charge on any atom is -0.492 e. The number of nitrogens with two attached hydrogens (primary N) is 1. The topological polar surface area (TPSA) is 150 Å². The molecule has 2 aromatic rings. The van der Waals surface area contributed by atoms with E-state index in [1.54, 1.807) is 44.3 Å². The van der Waals surface area contributed by atoms with Crippen molar-refractivity contribution in [1.82, 2.24) is 20.9 Å². The van der Waals surface area contributed by atoms with Crippen LogP contribution in [0.5, 0.6) is 5.75 Å². The monoisotopic (exact) mass is 566 g/mol. The van der Waals surface area contributed by atoms with E-state index < -0.39 is 29.8 Å². The van der Waals surface area contributed by atoms with E-state index in [2.05, 4.69) is 16.0 Å². The fourth-order valence-electron chi connectivity index (χ4n) is 4.89. The van der Waals surface area contributed by atoms with Gasteiger partial charge in [-0.15, -0.1) is 0 Å². The van der Waals surface area contributed by atoms with Crippen molar-refractivity contribution in [1.29, 1.82) is 5.41 Å². The third-order valence-corrected chi connectivity index (χ3v) is 7.68. The van der Waals surface area contributed by atoms with Crippen molar-refractivity contribution in [3.05, 3.63) is 65.0 Å². The zero-order chi connectivity index (χ0) is 29.5. The van der Waals surface area contributed by atoms with Crippen LogP contribution in [-0.2, 0) is 27.2 Å². The van der Waals surface area contributed by atoms with E-state index in [9.17, 15) is 18.8 Å². The lowest BCUT2D eigenvalue weighted by atomic mass is 10.0. The summed E-state index contributed by atoms with van der Waals surface area (Å²) in [5.74, 6) is -0.840. The van der Waals surface area contributed by atoms with Crippen LogP contribution in [0.2, 0.25) is 0 Å². The average Bonchev–Trinajstić information content (AvgIpc) is 3.79. The Labute approximate surface area is 239 Å². The Morgan fingerprint density at radius 2 is 1.83 bits per heavy atom. The number of nitrogen functional groups attached to an aromatic ring is 1. The Hall–Kier alpha value is -3.99. The quantitative estimate of drug-likeness (QED) is 0.280. The summed E-state index contributed by atoms with van der Waals surface area (Å²) >= 11 is 0. The highest BCUT2D eigenvalue weighted by Gasteiger charge is 2.39. The Kier molecular flexibility index (Phi) is 9.93. The van der Waals surface area contributed by atoms with E-state index in [1.165, 1.54) is 17.0 Å². The molecule has 0 radical (unpaired) electrons. The van der Waals surface area contributed by atoms with Crippen molar-refractivity contribution in [2.45, 2.75) is 57.2 Å². The van der Waals surface area contributed by atoms with Crippen LogP contribution in [-0.4, -0.2) is 73.3 Å². The highest BCUT2D eigenvalue weighted by atomic mass is 19.1. The van der Waals surface area contributed by atoms with Crippen molar-refractivity contribution >= 4 is 23.6 Å². The van der Waals surface area contributed by atoms with Crippen molar-refractivity contribution in [2.24, 2.45) is 11.7 Å². The number of ether oxygens (including phenoxy) is 1. The maximum Gasteiger partial charge on any atom is 0.243 e. The fraction of sp³-hybridized carbons (Fsp3) is 0.467. The number of likely N-dealkylation sites (N-methyl/N-ethyl adjacent to an activating group) is 1. The molecule has 1 heterocycles. The number of hydrogen-bond donors (Lipinski definition) is 5. The van der Waals surface area contributed by atoms with Gasteiger partial charge in [-0.3, -0.25) is 19.8 Å². The summed E-state index contributed by atoms with van der Waals surface area (Å²) in [5, 5.41) is 16.6. The first kappa shape index (κ1) is 30.0. The molecule has 1 saturated carbocycles. The fourth-order valence-corrected chi connectivity index (χ4v) is 4.89. The van der Waals surface area contributed by atoms with Gasteiger partial charge in [-0.25, -0.2) is 4.39 Å². The summed E-state index contributed by atoms with van der Waals surface area (Å²) in [5.41, 5.74) is 7.71. The summed E-state index contributed by atoms with van der Waals surface area (Å²) in [7, 11) is 1.59. The zero-order valence-corrected chi connectivity index (χ0v) is 23.5. The number of aryl methyl sites for hydroxylation is 1. The summed E-state index contributed by atoms with van der Waals surface area (Å²) in [6.45, 7) is 2.61. The predicted molar refractivity (Wildman–Crippen MR) is 153 cm³/mol. The molecule has 2 aliphatic rings. The van der Waals surface area contributed by atoms with Gasteiger partial charge in [0.25, 0.3) is 0 Å². The second-order valence-electron chi connectivity index (χ2n) is 10.8. The molecule has 0 unspecified atom stereocenters. The number of hydrogen-bond acceptors (Lipinski definition) is 6. The molecule has 2 aromatic carbocycles. The van der Waals surface area contributed by atoms with Gasteiger partial charge in [-0.05, 0) is 55.7 Å². The van der Waals surface area contributed by atoms with Gasteiger partial charge in [0.1, 0.15) is 36.1 Å².